The van der Waals surface area contributed by atoms with E-state index in [-0.39, 0.29) is 33.1 Å². The maximum Gasteiger partial charge on any atom is 0.238 e. The Bertz CT molecular complexity index is 1770. The average Bonchev–Trinajstić information content (AvgIpc) is 3.45. The second kappa shape index (κ2) is 9.19. The molecule has 7 heteroatoms. The van der Waals surface area contributed by atoms with Crippen LogP contribution in [0.15, 0.2) is 103 Å². The second-order valence-corrected chi connectivity index (χ2v) is 11.1. The van der Waals surface area contributed by atoms with Crippen LogP contribution in [0, 0.1) is 5.92 Å². The van der Waals surface area contributed by atoms with Gasteiger partial charge in [-0.05, 0) is 47.5 Å². The number of anilines is 2. The molecule has 40 heavy (non-hydrogen) atoms. The van der Waals surface area contributed by atoms with E-state index in [2.05, 4.69) is 5.32 Å². The van der Waals surface area contributed by atoms with Crippen LogP contribution in [0.3, 0.4) is 0 Å². The molecule has 1 saturated heterocycles. The molecule has 0 unspecified atom stereocenters. The van der Waals surface area contributed by atoms with E-state index in [9.17, 15) is 14.4 Å². The number of carbonyl (C=O) groups is 3. The first-order valence-corrected chi connectivity index (χ1v) is 13.7. The predicted octanol–water partition coefficient (Wildman–Crippen LogP) is 6.85. The molecule has 0 aromatic heterocycles. The van der Waals surface area contributed by atoms with E-state index < -0.39 is 23.4 Å². The van der Waals surface area contributed by atoms with Crippen molar-refractivity contribution in [3.8, 4) is 0 Å². The van der Waals surface area contributed by atoms with E-state index in [0.717, 1.165) is 11.3 Å². The van der Waals surface area contributed by atoms with Crippen molar-refractivity contribution < 1.29 is 14.4 Å². The van der Waals surface area contributed by atoms with Crippen molar-refractivity contribution in [1.29, 1.82) is 0 Å². The van der Waals surface area contributed by atoms with Crippen LogP contribution < -0.4 is 10.2 Å². The number of ketones is 2. The number of nitrogens with zero attached hydrogens (tertiary/aromatic N) is 1. The van der Waals surface area contributed by atoms with Crippen molar-refractivity contribution in [2.75, 3.05) is 10.2 Å². The molecule has 196 valence electrons. The molecular formula is C33H22Cl2N2O3. The molecule has 7 rings (SSSR count). The minimum atomic E-state index is -1.40. The molecule has 1 amide bonds. The Kier molecular flexibility index (Phi) is 5.70. The molecule has 4 aromatic carbocycles. The van der Waals surface area contributed by atoms with Gasteiger partial charge in [0.2, 0.25) is 5.91 Å². The smallest absolute Gasteiger partial charge is 0.238 e. The van der Waals surface area contributed by atoms with E-state index in [1.54, 1.807) is 48.5 Å². The Balaban J connectivity index is 1.56. The van der Waals surface area contributed by atoms with Crippen LogP contribution >= 0.6 is 23.2 Å². The molecule has 1 spiro atoms. The van der Waals surface area contributed by atoms with Crippen LogP contribution in [0.1, 0.15) is 31.8 Å². The summed E-state index contributed by atoms with van der Waals surface area (Å²) in [6.45, 7) is 0. The molecule has 0 aliphatic carbocycles. The monoisotopic (exact) mass is 564 g/mol. The summed E-state index contributed by atoms with van der Waals surface area (Å²) in [5, 5.41) is 3.57. The molecular weight excluding hydrogens is 543 g/mol. The molecule has 1 fully saturated rings. The molecule has 0 radical (unpaired) electrons. The summed E-state index contributed by atoms with van der Waals surface area (Å²) >= 11 is 13.1. The van der Waals surface area contributed by atoms with E-state index in [1.807, 2.05) is 65.6 Å². The van der Waals surface area contributed by atoms with E-state index in [0.29, 0.717) is 16.8 Å². The number of benzene rings is 4. The Morgan fingerprint density at radius 1 is 0.750 bits per heavy atom. The zero-order valence-electron chi connectivity index (χ0n) is 21.1. The first kappa shape index (κ1) is 24.8. The Hall–Kier alpha value is -4.19. The number of nitrogens with one attached hydrogen (secondary N) is 1. The van der Waals surface area contributed by atoms with Gasteiger partial charge in [-0.25, -0.2) is 0 Å². The summed E-state index contributed by atoms with van der Waals surface area (Å²) in [6, 6.07) is 27.0. The molecule has 4 atom stereocenters. The third-order valence-corrected chi connectivity index (χ3v) is 9.03. The fraction of sp³-hybridized carbons (Fsp3) is 0.121. The standard InChI is InChI=1S/C33H22Cl2N2O3/c34-23-13-5-2-10-20(23)30(38)28-29(31(39)21-11-3-6-14-24(21)35)37-26-16-8-1-9-19(26)17-18-27(37)33(28)22-12-4-7-15-25(22)36-32(33)40/h1-18,27-29H,(H,36,40)/t27-,28+,29-,33+/m0/s1. The number of hydrogen-bond acceptors (Lipinski definition) is 4. The summed E-state index contributed by atoms with van der Waals surface area (Å²) in [4.78, 5) is 45.7. The highest BCUT2D eigenvalue weighted by atomic mass is 35.5. The van der Waals surface area contributed by atoms with Gasteiger partial charge in [-0.3, -0.25) is 14.4 Å². The van der Waals surface area contributed by atoms with Gasteiger partial charge in [0.25, 0.3) is 0 Å². The van der Waals surface area contributed by atoms with E-state index >= 15 is 0 Å². The third-order valence-electron chi connectivity index (χ3n) is 8.37. The molecule has 4 aromatic rings. The number of hydrogen-bond donors (Lipinski definition) is 1. The van der Waals surface area contributed by atoms with Gasteiger partial charge >= 0.3 is 0 Å². The fourth-order valence-electron chi connectivity index (χ4n) is 6.77. The summed E-state index contributed by atoms with van der Waals surface area (Å²) in [7, 11) is 0. The van der Waals surface area contributed by atoms with Crippen molar-refractivity contribution in [1.82, 2.24) is 0 Å². The van der Waals surface area contributed by atoms with Gasteiger partial charge in [-0.1, -0.05) is 96.0 Å². The summed E-state index contributed by atoms with van der Waals surface area (Å²) < 4.78 is 0. The number of halogens is 2. The van der Waals surface area contributed by atoms with Gasteiger partial charge < -0.3 is 10.2 Å². The minimum Gasteiger partial charge on any atom is -0.352 e. The van der Waals surface area contributed by atoms with Crippen LogP contribution in [-0.2, 0) is 10.2 Å². The highest BCUT2D eigenvalue weighted by Gasteiger charge is 2.70. The minimum absolute atomic E-state index is 0.263. The quantitative estimate of drug-likeness (QED) is 0.275. The summed E-state index contributed by atoms with van der Waals surface area (Å²) in [6.07, 6.45) is 3.91. The molecule has 0 saturated carbocycles. The van der Waals surface area contributed by atoms with Crippen LogP contribution in [0.2, 0.25) is 10.0 Å². The van der Waals surface area contributed by atoms with Crippen LogP contribution in [-0.4, -0.2) is 29.6 Å². The maximum atomic E-state index is 14.8. The second-order valence-electron chi connectivity index (χ2n) is 10.2. The number of rotatable bonds is 4. The van der Waals surface area contributed by atoms with Gasteiger partial charge in [0, 0.05) is 22.5 Å². The van der Waals surface area contributed by atoms with Crippen molar-refractivity contribution in [3.05, 3.63) is 135 Å². The third kappa shape index (κ3) is 3.31. The number of fused-ring (bicyclic) bond motifs is 6. The Morgan fingerprint density at radius 3 is 2.08 bits per heavy atom. The average molecular weight is 565 g/mol. The summed E-state index contributed by atoms with van der Waals surface area (Å²) in [5.41, 5.74) is 2.12. The largest absolute Gasteiger partial charge is 0.352 e. The Labute approximate surface area is 241 Å². The summed E-state index contributed by atoms with van der Waals surface area (Å²) in [5.74, 6) is -2.14. The van der Waals surface area contributed by atoms with Crippen molar-refractivity contribution >= 4 is 58.1 Å². The van der Waals surface area contributed by atoms with Crippen LogP contribution in [0.25, 0.3) is 6.08 Å². The molecule has 3 aliphatic rings. The highest BCUT2D eigenvalue weighted by molar-refractivity contribution is 6.35. The number of carbonyl (C=O) groups excluding carboxylic acids is 3. The lowest BCUT2D eigenvalue weighted by Crippen LogP contribution is -2.51. The molecule has 3 aliphatic heterocycles. The van der Waals surface area contributed by atoms with Crippen LogP contribution in [0.5, 0.6) is 0 Å². The topological polar surface area (TPSA) is 66.5 Å². The van der Waals surface area contributed by atoms with E-state index in [1.165, 1.54) is 0 Å². The highest BCUT2D eigenvalue weighted by Crippen LogP contribution is 2.58. The van der Waals surface area contributed by atoms with Gasteiger partial charge in [0.15, 0.2) is 11.6 Å². The van der Waals surface area contributed by atoms with Crippen molar-refractivity contribution in [3.63, 3.8) is 0 Å². The molecule has 5 nitrogen and oxygen atoms in total. The zero-order chi connectivity index (χ0) is 27.6. The fourth-order valence-corrected chi connectivity index (χ4v) is 7.23. The molecule has 1 N–H and O–H groups in total. The van der Waals surface area contributed by atoms with Gasteiger partial charge in [0.05, 0.1) is 22.0 Å². The zero-order valence-corrected chi connectivity index (χ0v) is 22.6. The maximum absolute atomic E-state index is 14.8. The number of para-hydroxylation sites is 2. The molecule has 3 heterocycles. The van der Waals surface area contributed by atoms with Gasteiger partial charge in [-0.15, -0.1) is 0 Å². The first-order valence-electron chi connectivity index (χ1n) is 13.0. The SMILES string of the molecule is O=C(c1ccccc1Cl)[C@@H]1[C@H](C(=O)c2ccccc2Cl)[C@]2(C(=O)Nc3ccccc32)[C@@H]2C=Cc3ccccc3N12. The lowest BCUT2D eigenvalue weighted by molar-refractivity contribution is -0.121. The van der Waals surface area contributed by atoms with Crippen molar-refractivity contribution in [2.45, 2.75) is 17.5 Å². The number of Topliss-reactive ketones (excluding diaryl/α,β-unsaturated/α-hetero) is 2. The lowest BCUT2D eigenvalue weighted by Gasteiger charge is -2.37. The first-order chi connectivity index (χ1) is 19.4. The number of amides is 1. The van der Waals surface area contributed by atoms with E-state index in [4.69, 9.17) is 23.2 Å². The lowest BCUT2D eigenvalue weighted by atomic mass is 9.64. The van der Waals surface area contributed by atoms with Gasteiger partial charge in [-0.2, -0.15) is 0 Å². The predicted molar refractivity (Wildman–Crippen MR) is 157 cm³/mol. The normalized spacial score (nSPS) is 23.9. The Morgan fingerprint density at radius 2 is 1.35 bits per heavy atom. The van der Waals surface area contributed by atoms with Gasteiger partial charge in [0.1, 0.15) is 11.5 Å². The molecule has 0 bridgehead atoms. The van der Waals surface area contributed by atoms with Crippen molar-refractivity contribution in [2.24, 2.45) is 5.92 Å². The van der Waals surface area contributed by atoms with Crippen LogP contribution in [0.4, 0.5) is 11.4 Å².